The topological polar surface area (TPSA) is 66.8 Å². The van der Waals surface area contributed by atoms with Gasteiger partial charge in [0.25, 0.3) is 0 Å². The summed E-state index contributed by atoms with van der Waals surface area (Å²) in [6.45, 7) is 1.80. The first-order valence-corrected chi connectivity index (χ1v) is 6.56. The number of carbonyl (C=O) groups is 2. The Hall–Kier alpha value is -1.10. The van der Waals surface area contributed by atoms with Gasteiger partial charge < -0.3 is 14.7 Å². The van der Waals surface area contributed by atoms with Crippen molar-refractivity contribution in [2.24, 2.45) is 11.3 Å². The van der Waals surface area contributed by atoms with Crippen LogP contribution in [-0.2, 0) is 14.3 Å². The van der Waals surface area contributed by atoms with Crippen molar-refractivity contribution >= 4 is 11.9 Å². The second-order valence-electron chi connectivity index (χ2n) is 5.59. The van der Waals surface area contributed by atoms with E-state index in [-0.39, 0.29) is 17.2 Å². The molecule has 0 aromatic rings. The fraction of sp³-hybridized carbons (Fsp3) is 0.846. The van der Waals surface area contributed by atoms with Gasteiger partial charge in [0.15, 0.2) is 0 Å². The Morgan fingerprint density at radius 3 is 2.83 bits per heavy atom. The molecule has 1 unspecified atom stereocenters. The van der Waals surface area contributed by atoms with Crippen LogP contribution in [0.2, 0.25) is 0 Å². The maximum Gasteiger partial charge on any atom is 0.308 e. The van der Waals surface area contributed by atoms with Crippen molar-refractivity contribution in [2.75, 3.05) is 26.8 Å². The first-order chi connectivity index (χ1) is 8.56. The predicted molar refractivity (Wildman–Crippen MR) is 65.1 cm³/mol. The summed E-state index contributed by atoms with van der Waals surface area (Å²) >= 11 is 0. The number of likely N-dealkylation sites (tertiary alicyclic amines) is 1. The zero-order valence-corrected chi connectivity index (χ0v) is 10.9. The van der Waals surface area contributed by atoms with Crippen molar-refractivity contribution in [3.63, 3.8) is 0 Å². The van der Waals surface area contributed by atoms with Gasteiger partial charge in [-0.25, -0.2) is 0 Å². The highest BCUT2D eigenvalue weighted by Crippen LogP contribution is 2.49. The van der Waals surface area contributed by atoms with Crippen LogP contribution in [0.4, 0.5) is 0 Å². The lowest BCUT2D eigenvalue weighted by atomic mass is 9.95. The second-order valence-corrected chi connectivity index (χ2v) is 5.59. The Kier molecular flexibility index (Phi) is 3.90. The molecule has 2 rings (SSSR count). The quantitative estimate of drug-likeness (QED) is 0.772. The third kappa shape index (κ3) is 3.02. The second kappa shape index (κ2) is 5.26. The molecule has 2 fully saturated rings. The monoisotopic (exact) mass is 255 g/mol. The van der Waals surface area contributed by atoms with E-state index >= 15 is 0 Å². The highest BCUT2D eigenvalue weighted by molar-refractivity contribution is 5.80. The van der Waals surface area contributed by atoms with Crippen molar-refractivity contribution in [3.8, 4) is 0 Å². The SMILES string of the molecule is COCCC1(CN2CC(C(=O)O)CCC2=O)CC1. The third-order valence-corrected chi connectivity index (χ3v) is 4.17. The average Bonchev–Trinajstić information content (AvgIpc) is 3.09. The standard InChI is InChI=1S/C13H21NO4/c1-18-7-6-13(4-5-13)9-14-8-10(12(16)17)2-3-11(14)15/h10H,2-9H2,1H3,(H,16,17). The van der Waals surface area contributed by atoms with Crippen LogP contribution in [0.25, 0.3) is 0 Å². The minimum Gasteiger partial charge on any atom is -0.481 e. The summed E-state index contributed by atoms with van der Waals surface area (Å²) in [6, 6.07) is 0. The summed E-state index contributed by atoms with van der Waals surface area (Å²) in [5.41, 5.74) is 0.200. The van der Waals surface area contributed by atoms with Crippen molar-refractivity contribution in [2.45, 2.75) is 32.1 Å². The van der Waals surface area contributed by atoms with E-state index in [2.05, 4.69) is 0 Å². The van der Waals surface area contributed by atoms with E-state index in [4.69, 9.17) is 9.84 Å². The van der Waals surface area contributed by atoms with Crippen LogP contribution in [0.5, 0.6) is 0 Å². The summed E-state index contributed by atoms with van der Waals surface area (Å²) in [5.74, 6) is -1.06. The van der Waals surface area contributed by atoms with Gasteiger partial charge >= 0.3 is 5.97 Å². The molecule has 0 spiro atoms. The lowest BCUT2D eigenvalue weighted by Crippen LogP contribution is -2.45. The molecular formula is C13H21NO4. The molecule has 1 aliphatic carbocycles. The number of aliphatic carboxylic acids is 1. The Morgan fingerprint density at radius 2 is 2.28 bits per heavy atom. The Bertz CT molecular complexity index is 338. The minimum atomic E-state index is -0.783. The van der Waals surface area contributed by atoms with E-state index in [9.17, 15) is 9.59 Å². The molecular weight excluding hydrogens is 234 g/mol. The average molecular weight is 255 g/mol. The molecule has 5 heteroatoms. The molecule has 1 N–H and O–H groups in total. The van der Waals surface area contributed by atoms with Crippen LogP contribution >= 0.6 is 0 Å². The number of rotatable bonds is 6. The predicted octanol–water partition coefficient (Wildman–Crippen LogP) is 1.13. The number of piperidine rings is 1. The molecule has 1 atom stereocenters. The van der Waals surface area contributed by atoms with Gasteiger partial charge in [0.2, 0.25) is 5.91 Å². The van der Waals surface area contributed by atoms with Crippen LogP contribution in [0.1, 0.15) is 32.1 Å². The van der Waals surface area contributed by atoms with Gasteiger partial charge in [-0.15, -0.1) is 0 Å². The Labute approximate surface area is 107 Å². The molecule has 1 saturated heterocycles. The molecule has 102 valence electrons. The maximum absolute atomic E-state index is 11.8. The number of amides is 1. The van der Waals surface area contributed by atoms with Gasteiger partial charge in [0, 0.05) is 33.2 Å². The third-order valence-electron chi connectivity index (χ3n) is 4.17. The summed E-state index contributed by atoms with van der Waals surface area (Å²) in [6.07, 6.45) is 4.06. The molecule has 0 bridgehead atoms. The van der Waals surface area contributed by atoms with Crippen molar-refractivity contribution in [3.05, 3.63) is 0 Å². The number of carboxylic acid groups (broad SMARTS) is 1. The van der Waals surface area contributed by atoms with Gasteiger partial charge in [-0.3, -0.25) is 9.59 Å². The summed E-state index contributed by atoms with van der Waals surface area (Å²) in [4.78, 5) is 24.6. The maximum atomic E-state index is 11.8. The Morgan fingerprint density at radius 1 is 1.56 bits per heavy atom. The zero-order valence-electron chi connectivity index (χ0n) is 10.9. The normalized spacial score (nSPS) is 26.2. The molecule has 0 radical (unpaired) electrons. The highest BCUT2D eigenvalue weighted by Gasteiger charge is 2.45. The number of carboxylic acids is 1. The fourth-order valence-electron chi connectivity index (χ4n) is 2.66. The van der Waals surface area contributed by atoms with Crippen LogP contribution < -0.4 is 0 Å². The van der Waals surface area contributed by atoms with Crippen LogP contribution in [0.15, 0.2) is 0 Å². The van der Waals surface area contributed by atoms with Crippen LogP contribution in [0, 0.1) is 11.3 Å². The van der Waals surface area contributed by atoms with Crippen LogP contribution in [-0.4, -0.2) is 48.7 Å². The highest BCUT2D eigenvalue weighted by atomic mass is 16.5. The molecule has 0 aromatic carbocycles. The van der Waals surface area contributed by atoms with Gasteiger partial charge in [0.05, 0.1) is 5.92 Å². The van der Waals surface area contributed by atoms with Gasteiger partial charge in [0.1, 0.15) is 0 Å². The summed E-state index contributed by atoms with van der Waals surface area (Å²) in [7, 11) is 1.68. The fourth-order valence-corrected chi connectivity index (χ4v) is 2.66. The zero-order chi connectivity index (χ0) is 13.2. The molecule has 1 aliphatic heterocycles. The number of methoxy groups -OCH3 is 1. The lowest BCUT2D eigenvalue weighted by molar-refractivity contribution is -0.147. The van der Waals surface area contributed by atoms with E-state index in [1.54, 1.807) is 12.0 Å². The Balaban J connectivity index is 1.90. The molecule has 2 aliphatic rings. The molecule has 18 heavy (non-hydrogen) atoms. The van der Waals surface area contributed by atoms with E-state index in [0.717, 1.165) is 19.3 Å². The number of nitrogens with zero attached hydrogens (tertiary/aromatic N) is 1. The number of hydrogen-bond acceptors (Lipinski definition) is 3. The number of carbonyl (C=O) groups excluding carboxylic acids is 1. The van der Waals surface area contributed by atoms with E-state index in [0.29, 0.717) is 32.5 Å². The smallest absolute Gasteiger partial charge is 0.308 e. The summed E-state index contributed by atoms with van der Waals surface area (Å²) < 4.78 is 5.10. The van der Waals surface area contributed by atoms with Crippen molar-refractivity contribution < 1.29 is 19.4 Å². The first kappa shape index (κ1) is 13.3. The largest absolute Gasteiger partial charge is 0.481 e. The molecule has 0 aromatic heterocycles. The van der Waals surface area contributed by atoms with Crippen molar-refractivity contribution in [1.29, 1.82) is 0 Å². The molecule has 1 amide bonds. The molecule has 1 saturated carbocycles. The minimum absolute atomic E-state index is 0.108. The number of ether oxygens (including phenoxy) is 1. The van der Waals surface area contributed by atoms with E-state index < -0.39 is 5.97 Å². The first-order valence-electron chi connectivity index (χ1n) is 6.56. The molecule has 1 heterocycles. The van der Waals surface area contributed by atoms with E-state index in [1.807, 2.05) is 0 Å². The molecule has 5 nitrogen and oxygen atoms in total. The van der Waals surface area contributed by atoms with Gasteiger partial charge in [-0.05, 0) is 31.1 Å². The van der Waals surface area contributed by atoms with Crippen LogP contribution in [0.3, 0.4) is 0 Å². The van der Waals surface area contributed by atoms with Gasteiger partial charge in [-0.2, -0.15) is 0 Å². The van der Waals surface area contributed by atoms with E-state index in [1.165, 1.54) is 0 Å². The lowest BCUT2D eigenvalue weighted by Gasteiger charge is -2.33. The summed E-state index contributed by atoms with van der Waals surface area (Å²) in [5, 5.41) is 9.04. The number of hydrogen-bond donors (Lipinski definition) is 1. The van der Waals surface area contributed by atoms with Gasteiger partial charge in [-0.1, -0.05) is 0 Å². The van der Waals surface area contributed by atoms with Crippen molar-refractivity contribution in [1.82, 2.24) is 4.90 Å².